The molecule has 0 saturated carbocycles. The number of rotatable bonds is 3. The van der Waals surface area contributed by atoms with Crippen LogP contribution in [0.3, 0.4) is 0 Å². The summed E-state index contributed by atoms with van der Waals surface area (Å²) < 4.78 is 0. The van der Waals surface area contributed by atoms with Gasteiger partial charge in [0.2, 0.25) is 0 Å². The standard InChI is InChI=1S/C28H42O2/c1-25(2,3)19-15-13-16-20(26(4,5)6)23(19)29-30-24-21(27(7,8)9)17-14-18-22(24)28(10,11)12/h13-18H,1-12H3. The van der Waals surface area contributed by atoms with Gasteiger partial charge in [-0.25, -0.2) is 0 Å². The van der Waals surface area contributed by atoms with Gasteiger partial charge in [-0.05, 0) is 21.7 Å². The monoisotopic (exact) mass is 410 g/mol. The quantitative estimate of drug-likeness (QED) is 0.374. The predicted molar refractivity (Wildman–Crippen MR) is 129 cm³/mol. The largest absolute Gasteiger partial charge is 0.289 e. The highest BCUT2D eigenvalue weighted by atomic mass is 17.2. The van der Waals surface area contributed by atoms with E-state index in [1.165, 1.54) is 0 Å². The predicted octanol–water partition coefficient (Wildman–Crippen LogP) is 8.25. The van der Waals surface area contributed by atoms with Gasteiger partial charge in [0.25, 0.3) is 0 Å². The Morgan fingerprint density at radius 3 is 0.767 bits per heavy atom. The van der Waals surface area contributed by atoms with Crippen LogP contribution in [0.25, 0.3) is 0 Å². The first-order chi connectivity index (χ1) is 13.4. The molecular weight excluding hydrogens is 368 g/mol. The lowest BCUT2D eigenvalue weighted by atomic mass is 9.79. The Morgan fingerprint density at radius 1 is 0.400 bits per heavy atom. The van der Waals surface area contributed by atoms with E-state index in [-0.39, 0.29) is 21.7 Å². The third-order valence-electron chi connectivity index (χ3n) is 5.47. The summed E-state index contributed by atoms with van der Waals surface area (Å²) in [5.41, 5.74) is 4.38. The highest BCUT2D eigenvalue weighted by molar-refractivity contribution is 5.50. The summed E-state index contributed by atoms with van der Waals surface area (Å²) >= 11 is 0. The highest BCUT2D eigenvalue weighted by Crippen LogP contribution is 2.43. The SMILES string of the molecule is CC(C)(C)c1cccc(C(C)(C)C)c1OOc1c(C(C)(C)C)cccc1C(C)(C)C. The van der Waals surface area contributed by atoms with Gasteiger partial charge in [0.1, 0.15) is 0 Å². The lowest BCUT2D eigenvalue weighted by Crippen LogP contribution is -2.23. The molecule has 0 N–H and O–H groups in total. The number of hydrogen-bond donors (Lipinski definition) is 0. The zero-order valence-corrected chi connectivity index (χ0v) is 21.3. The molecule has 0 saturated heterocycles. The van der Waals surface area contributed by atoms with Gasteiger partial charge in [-0.15, -0.1) is 0 Å². The van der Waals surface area contributed by atoms with Crippen LogP contribution in [-0.2, 0) is 21.7 Å². The Morgan fingerprint density at radius 2 is 0.600 bits per heavy atom. The van der Waals surface area contributed by atoms with Crippen molar-refractivity contribution in [2.24, 2.45) is 0 Å². The second kappa shape index (κ2) is 7.94. The summed E-state index contributed by atoms with van der Waals surface area (Å²) in [4.78, 5) is 12.6. The summed E-state index contributed by atoms with van der Waals surface area (Å²) in [6, 6.07) is 12.8. The minimum atomic E-state index is -0.0592. The molecule has 2 aromatic rings. The van der Waals surface area contributed by atoms with Crippen LogP contribution >= 0.6 is 0 Å². The minimum absolute atomic E-state index is 0.0592. The van der Waals surface area contributed by atoms with Crippen molar-refractivity contribution in [3.63, 3.8) is 0 Å². The molecule has 0 aliphatic rings. The molecule has 0 aliphatic carbocycles. The Labute approximate surface area is 184 Å². The van der Waals surface area contributed by atoms with E-state index in [4.69, 9.17) is 9.78 Å². The van der Waals surface area contributed by atoms with Crippen molar-refractivity contribution < 1.29 is 9.78 Å². The molecular formula is C28H42O2. The van der Waals surface area contributed by atoms with Crippen LogP contribution in [0.4, 0.5) is 0 Å². The zero-order valence-electron chi connectivity index (χ0n) is 21.3. The molecule has 0 heterocycles. The van der Waals surface area contributed by atoms with Crippen molar-refractivity contribution in [1.29, 1.82) is 0 Å². The summed E-state index contributed by atoms with van der Waals surface area (Å²) in [5, 5.41) is 0. The first kappa shape index (κ1) is 24.3. The topological polar surface area (TPSA) is 18.5 Å². The Hall–Kier alpha value is -1.96. The van der Waals surface area contributed by atoms with E-state index >= 15 is 0 Å². The molecule has 2 rings (SSSR count). The van der Waals surface area contributed by atoms with Gasteiger partial charge in [0.15, 0.2) is 11.5 Å². The van der Waals surface area contributed by atoms with Crippen molar-refractivity contribution in [1.82, 2.24) is 0 Å². The Kier molecular flexibility index (Phi) is 6.44. The second-order valence-corrected chi connectivity index (χ2v) is 12.5. The van der Waals surface area contributed by atoms with Crippen molar-refractivity contribution in [3.8, 4) is 11.5 Å². The van der Waals surface area contributed by atoms with Crippen LogP contribution < -0.4 is 9.78 Å². The first-order valence-corrected chi connectivity index (χ1v) is 11.1. The van der Waals surface area contributed by atoms with Crippen LogP contribution in [0.5, 0.6) is 11.5 Å². The molecule has 0 aliphatic heterocycles. The van der Waals surface area contributed by atoms with Crippen LogP contribution in [0, 0.1) is 0 Å². The Bertz CT molecular complexity index is 739. The van der Waals surface area contributed by atoms with Gasteiger partial charge in [-0.3, -0.25) is 9.78 Å². The first-order valence-electron chi connectivity index (χ1n) is 11.1. The molecule has 0 atom stereocenters. The van der Waals surface area contributed by atoms with Gasteiger partial charge in [0.05, 0.1) is 0 Å². The van der Waals surface area contributed by atoms with E-state index in [0.717, 1.165) is 33.8 Å². The fourth-order valence-electron chi connectivity index (χ4n) is 3.70. The van der Waals surface area contributed by atoms with E-state index in [1.54, 1.807) is 0 Å². The van der Waals surface area contributed by atoms with Crippen LogP contribution in [0.2, 0.25) is 0 Å². The maximum absolute atomic E-state index is 6.28. The smallest absolute Gasteiger partial charge is 0.186 e. The third-order valence-corrected chi connectivity index (χ3v) is 5.47. The van der Waals surface area contributed by atoms with E-state index < -0.39 is 0 Å². The van der Waals surface area contributed by atoms with Crippen LogP contribution in [0.15, 0.2) is 36.4 Å². The average molecular weight is 411 g/mol. The summed E-state index contributed by atoms with van der Waals surface area (Å²) in [6.07, 6.45) is 0. The second-order valence-electron chi connectivity index (χ2n) is 12.5. The van der Waals surface area contributed by atoms with E-state index in [2.05, 4.69) is 119 Å². The lowest BCUT2D eigenvalue weighted by molar-refractivity contribution is -0.105. The van der Waals surface area contributed by atoms with Crippen LogP contribution in [-0.4, -0.2) is 0 Å². The third kappa shape index (κ3) is 5.39. The molecule has 0 fully saturated rings. The molecule has 2 nitrogen and oxygen atoms in total. The van der Waals surface area contributed by atoms with Gasteiger partial charge in [-0.1, -0.05) is 119 Å². The zero-order chi connectivity index (χ0) is 23.1. The number of hydrogen-bond acceptors (Lipinski definition) is 2. The van der Waals surface area contributed by atoms with Gasteiger partial charge >= 0.3 is 0 Å². The molecule has 2 aromatic carbocycles. The van der Waals surface area contributed by atoms with E-state index in [1.807, 2.05) is 0 Å². The van der Waals surface area contributed by atoms with Gasteiger partial charge < -0.3 is 0 Å². The van der Waals surface area contributed by atoms with Crippen molar-refractivity contribution in [2.75, 3.05) is 0 Å². The number of para-hydroxylation sites is 2. The molecule has 166 valence electrons. The maximum Gasteiger partial charge on any atom is 0.186 e. The number of benzene rings is 2. The average Bonchev–Trinajstić information content (AvgIpc) is 2.56. The molecule has 0 amide bonds. The molecule has 30 heavy (non-hydrogen) atoms. The molecule has 0 spiro atoms. The van der Waals surface area contributed by atoms with Crippen molar-refractivity contribution >= 4 is 0 Å². The highest BCUT2D eigenvalue weighted by Gasteiger charge is 2.31. The lowest BCUT2D eigenvalue weighted by Gasteiger charge is -2.31. The fraction of sp³-hybridized carbons (Fsp3) is 0.571. The molecule has 2 heteroatoms. The molecule has 0 unspecified atom stereocenters. The molecule has 0 bridgehead atoms. The Balaban J connectivity index is 2.65. The normalized spacial score (nSPS) is 13.3. The minimum Gasteiger partial charge on any atom is -0.289 e. The summed E-state index contributed by atoms with van der Waals surface area (Å²) in [5.74, 6) is 1.67. The van der Waals surface area contributed by atoms with Gasteiger partial charge in [0, 0.05) is 22.3 Å². The van der Waals surface area contributed by atoms with Crippen molar-refractivity contribution in [2.45, 2.75) is 105 Å². The van der Waals surface area contributed by atoms with Crippen molar-refractivity contribution in [3.05, 3.63) is 58.7 Å². The molecule has 0 radical (unpaired) electrons. The van der Waals surface area contributed by atoms with Gasteiger partial charge in [-0.2, -0.15) is 0 Å². The summed E-state index contributed by atoms with van der Waals surface area (Å²) in [7, 11) is 0. The fourth-order valence-corrected chi connectivity index (χ4v) is 3.70. The van der Waals surface area contributed by atoms with E-state index in [9.17, 15) is 0 Å². The van der Waals surface area contributed by atoms with E-state index in [0.29, 0.717) is 0 Å². The maximum atomic E-state index is 6.28. The summed E-state index contributed by atoms with van der Waals surface area (Å²) in [6.45, 7) is 26.6. The van der Waals surface area contributed by atoms with Crippen LogP contribution in [0.1, 0.15) is 105 Å². The molecule has 0 aromatic heterocycles.